The van der Waals surface area contributed by atoms with Crippen LogP contribution in [-0.2, 0) is 0 Å². The van der Waals surface area contributed by atoms with Gasteiger partial charge < -0.3 is 5.32 Å². The predicted molar refractivity (Wildman–Crippen MR) is 31.3 cm³/mol. The predicted octanol–water partition coefficient (Wildman–Crippen LogP) is 1.67. The highest BCUT2D eigenvalue weighted by atomic mass is 19.4. The molecular formula is C6H8F3N. The van der Waals surface area contributed by atoms with Crippen LogP contribution in [-0.4, -0.2) is 12.7 Å². The molecule has 0 saturated carbocycles. The van der Waals surface area contributed by atoms with Crippen molar-refractivity contribution in [3.8, 4) is 0 Å². The third-order valence-corrected chi connectivity index (χ3v) is 1.54. The summed E-state index contributed by atoms with van der Waals surface area (Å²) in [5.74, 6) is -0.403. The van der Waals surface area contributed by atoms with Gasteiger partial charge in [-0.25, -0.2) is 0 Å². The van der Waals surface area contributed by atoms with Crippen molar-refractivity contribution < 1.29 is 13.2 Å². The second-order valence-corrected chi connectivity index (χ2v) is 2.41. The van der Waals surface area contributed by atoms with Crippen molar-refractivity contribution in [1.82, 2.24) is 5.32 Å². The Balaban J connectivity index is 2.72. The van der Waals surface area contributed by atoms with Crippen LogP contribution in [0.4, 0.5) is 13.2 Å². The largest absolute Gasteiger partial charge is 0.414 e. The summed E-state index contributed by atoms with van der Waals surface area (Å²) in [6.07, 6.45) is -3.10. The minimum Gasteiger partial charge on any atom is -0.390 e. The van der Waals surface area contributed by atoms with Crippen LogP contribution < -0.4 is 5.32 Å². The van der Waals surface area contributed by atoms with E-state index < -0.39 is 17.7 Å². The van der Waals surface area contributed by atoms with Gasteiger partial charge in [-0.3, -0.25) is 0 Å². The molecule has 0 aromatic heterocycles. The van der Waals surface area contributed by atoms with Gasteiger partial charge in [-0.15, -0.1) is 0 Å². The molecule has 0 aromatic carbocycles. The van der Waals surface area contributed by atoms with E-state index in [1.807, 2.05) is 0 Å². The lowest BCUT2D eigenvalue weighted by Gasteiger charge is -2.10. The maximum atomic E-state index is 11.9. The molecule has 1 heterocycles. The average molecular weight is 151 g/mol. The molecule has 1 unspecified atom stereocenters. The number of rotatable bonds is 0. The van der Waals surface area contributed by atoms with Gasteiger partial charge in [0.2, 0.25) is 0 Å². The van der Waals surface area contributed by atoms with Gasteiger partial charge in [0.15, 0.2) is 0 Å². The van der Waals surface area contributed by atoms with E-state index in [9.17, 15) is 13.2 Å². The summed E-state index contributed by atoms with van der Waals surface area (Å²) in [5, 5.41) is 2.55. The first kappa shape index (κ1) is 7.44. The molecule has 0 aliphatic carbocycles. The Kier molecular flexibility index (Phi) is 1.62. The van der Waals surface area contributed by atoms with Crippen molar-refractivity contribution in [1.29, 1.82) is 0 Å². The zero-order chi connectivity index (χ0) is 7.78. The maximum Gasteiger partial charge on any atom is 0.414 e. The fourth-order valence-electron chi connectivity index (χ4n) is 0.959. The number of alkyl halides is 3. The fourth-order valence-corrected chi connectivity index (χ4v) is 0.959. The zero-order valence-electron chi connectivity index (χ0n) is 5.50. The summed E-state index contributed by atoms with van der Waals surface area (Å²) in [6.45, 7) is 1.95. The molecule has 0 aromatic rings. The molecule has 1 rings (SSSR count). The van der Waals surface area contributed by atoms with Crippen LogP contribution in [0.2, 0.25) is 0 Å². The summed E-state index contributed by atoms with van der Waals surface area (Å²) >= 11 is 0. The third-order valence-electron chi connectivity index (χ3n) is 1.54. The molecule has 1 N–H and O–H groups in total. The van der Waals surface area contributed by atoms with Gasteiger partial charge in [-0.05, 0) is 0 Å². The van der Waals surface area contributed by atoms with E-state index in [0.29, 0.717) is 6.54 Å². The topological polar surface area (TPSA) is 12.0 Å². The van der Waals surface area contributed by atoms with Crippen molar-refractivity contribution in [3.05, 3.63) is 11.8 Å². The number of hydrogen-bond donors (Lipinski definition) is 1. The first-order valence-electron chi connectivity index (χ1n) is 3.02. The molecule has 0 spiro atoms. The van der Waals surface area contributed by atoms with Crippen LogP contribution in [0.1, 0.15) is 6.92 Å². The van der Waals surface area contributed by atoms with Gasteiger partial charge in [-0.1, -0.05) is 6.92 Å². The first-order valence-corrected chi connectivity index (χ1v) is 3.02. The van der Waals surface area contributed by atoms with Crippen LogP contribution in [0.25, 0.3) is 0 Å². The summed E-state index contributed by atoms with van der Waals surface area (Å²) in [7, 11) is 0. The lowest BCUT2D eigenvalue weighted by Crippen LogP contribution is -2.16. The molecule has 0 bridgehead atoms. The Morgan fingerprint density at radius 1 is 1.60 bits per heavy atom. The first-order chi connectivity index (χ1) is 4.52. The summed E-state index contributed by atoms with van der Waals surface area (Å²) in [6, 6.07) is 0. The van der Waals surface area contributed by atoms with Crippen molar-refractivity contribution in [2.75, 3.05) is 6.54 Å². The highest BCUT2D eigenvalue weighted by Gasteiger charge is 2.38. The highest BCUT2D eigenvalue weighted by molar-refractivity contribution is 5.16. The highest BCUT2D eigenvalue weighted by Crippen LogP contribution is 2.32. The minimum absolute atomic E-state index is 0.398. The molecule has 10 heavy (non-hydrogen) atoms. The Hall–Kier alpha value is -0.670. The summed E-state index contributed by atoms with van der Waals surface area (Å²) in [5.41, 5.74) is -0.451. The van der Waals surface area contributed by atoms with E-state index in [0.717, 1.165) is 6.20 Å². The normalized spacial score (nSPS) is 26.0. The maximum absolute atomic E-state index is 11.9. The second kappa shape index (κ2) is 2.18. The molecular weight excluding hydrogens is 143 g/mol. The smallest absolute Gasteiger partial charge is 0.390 e. The van der Waals surface area contributed by atoms with Gasteiger partial charge in [0, 0.05) is 18.7 Å². The Bertz CT molecular complexity index is 159. The molecule has 0 fully saturated rings. The average Bonchev–Trinajstić information content (AvgIpc) is 2.11. The lowest BCUT2D eigenvalue weighted by molar-refractivity contribution is -0.0967. The van der Waals surface area contributed by atoms with E-state index in [4.69, 9.17) is 0 Å². The number of halogens is 3. The summed E-state index contributed by atoms with van der Waals surface area (Å²) < 4.78 is 35.7. The van der Waals surface area contributed by atoms with Gasteiger partial charge in [0.05, 0.1) is 5.57 Å². The van der Waals surface area contributed by atoms with E-state index in [-0.39, 0.29) is 0 Å². The third kappa shape index (κ3) is 1.25. The molecule has 1 aliphatic heterocycles. The monoisotopic (exact) mass is 151 g/mol. The Labute approximate surface area is 56.9 Å². The Morgan fingerprint density at radius 3 is 2.40 bits per heavy atom. The number of nitrogens with one attached hydrogen (secondary N) is 1. The SMILES string of the molecule is CC1CNC=C1C(F)(F)F. The zero-order valence-corrected chi connectivity index (χ0v) is 5.50. The fraction of sp³-hybridized carbons (Fsp3) is 0.667. The van der Waals surface area contributed by atoms with Gasteiger partial charge in [0.1, 0.15) is 0 Å². The standard InChI is InChI=1S/C6H8F3N/c1-4-2-10-3-5(4)6(7,8)9/h3-4,10H,2H2,1H3. The minimum atomic E-state index is -4.15. The van der Waals surface area contributed by atoms with Crippen LogP contribution in [0.5, 0.6) is 0 Å². The van der Waals surface area contributed by atoms with Gasteiger partial charge in [-0.2, -0.15) is 13.2 Å². The van der Waals surface area contributed by atoms with Gasteiger partial charge >= 0.3 is 6.18 Å². The summed E-state index contributed by atoms with van der Waals surface area (Å²) in [4.78, 5) is 0. The van der Waals surface area contributed by atoms with E-state index in [2.05, 4.69) is 5.32 Å². The molecule has 58 valence electrons. The molecule has 0 amide bonds. The molecule has 4 heteroatoms. The number of hydrogen-bond acceptors (Lipinski definition) is 1. The molecule has 1 atom stereocenters. The molecule has 0 radical (unpaired) electrons. The second-order valence-electron chi connectivity index (χ2n) is 2.41. The Morgan fingerprint density at radius 2 is 2.20 bits per heavy atom. The van der Waals surface area contributed by atoms with Crippen LogP contribution in [0, 0.1) is 5.92 Å². The van der Waals surface area contributed by atoms with Crippen LogP contribution in [0.3, 0.4) is 0 Å². The van der Waals surface area contributed by atoms with Crippen molar-refractivity contribution >= 4 is 0 Å². The lowest BCUT2D eigenvalue weighted by atomic mass is 10.1. The van der Waals surface area contributed by atoms with E-state index in [1.165, 1.54) is 0 Å². The van der Waals surface area contributed by atoms with E-state index in [1.54, 1.807) is 6.92 Å². The van der Waals surface area contributed by atoms with Crippen molar-refractivity contribution in [3.63, 3.8) is 0 Å². The van der Waals surface area contributed by atoms with Gasteiger partial charge in [0.25, 0.3) is 0 Å². The molecule has 1 aliphatic rings. The van der Waals surface area contributed by atoms with Crippen molar-refractivity contribution in [2.45, 2.75) is 13.1 Å². The molecule has 1 nitrogen and oxygen atoms in total. The van der Waals surface area contributed by atoms with Crippen LogP contribution >= 0.6 is 0 Å². The van der Waals surface area contributed by atoms with Crippen molar-refractivity contribution in [2.24, 2.45) is 5.92 Å². The quantitative estimate of drug-likeness (QED) is 0.555. The van der Waals surface area contributed by atoms with E-state index >= 15 is 0 Å². The van der Waals surface area contributed by atoms with Crippen LogP contribution in [0.15, 0.2) is 11.8 Å². The molecule has 0 saturated heterocycles.